The molecule has 0 unspecified atom stereocenters. The van der Waals surface area contributed by atoms with Crippen LogP contribution in [0, 0.1) is 4.77 Å². The average Bonchev–Trinajstić information content (AvgIpc) is 2.78. The molecule has 2 nitrogen and oxygen atoms in total. The van der Waals surface area contributed by atoms with Gasteiger partial charge in [0.25, 0.3) is 0 Å². The number of hydrogen-bond acceptors (Lipinski definition) is 2. The van der Waals surface area contributed by atoms with Crippen LogP contribution in [0.25, 0.3) is 11.0 Å². The summed E-state index contributed by atoms with van der Waals surface area (Å²) in [6.07, 6.45) is 8.82. The number of imidazole rings is 1. The number of halogens is 1. The van der Waals surface area contributed by atoms with Gasteiger partial charge in [0.1, 0.15) is 0 Å². The van der Waals surface area contributed by atoms with Crippen molar-refractivity contribution in [1.82, 2.24) is 9.55 Å². The number of nitrogens with one attached hydrogen (secondary N) is 1. The normalized spacial score (nSPS) is 18.5. The summed E-state index contributed by atoms with van der Waals surface area (Å²) < 4.78 is 3.35. The summed E-state index contributed by atoms with van der Waals surface area (Å²) >= 11 is 13.8. The van der Waals surface area contributed by atoms with Crippen LogP contribution < -0.4 is 0 Å². The van der Waals surface area contributed by atoms with Crippen LogP contribution in [0.4, 0.5) is 0 Å². The molecule has 0 radical (unpaired) electrons. The van der Waals surface area contributed by atoms with Crippen LogP contribution in [0.5, 0.6) is 0 Å². The topological polar surface area (TPSA) is 20.7 Å². The molecular weight excluding hydrogens is 308 g/mol. The van der Waals surface area contributed by atoms with Crippen LogP contribution >= 0.6 is 35.6 Å². The summed E-state index contributed by atoms with van der Waals surface area (Å²) in [5.74, 6) is 0. The standard InChI is InChI=1S/C15H19ClN2S2/c1-20-15(8-3-2-4-9-15)10-18-12-7-5-6-11(16)13(12)17-14(18)19/h5-7H,2-4,8-10H2,1H3,(H,17,19). The molecule has 1 fully saturated rings. The van der Waals surface area contributed by atoms with E-state index in [9.17, 15) is 0 Å². The Hall–Kier alpha value is -0.450. The molecule has 1 aliphatic carbocycles. The fraction of sp³-hybridized carbons (Fsp3) is 0.533. The first kappa shape index (κ1) is 14.5. The van der Waals surface area contributed by atoms with E-state index in [0.717, 1.165) is 27.4 Å². The van der Waals surface area contributed by atoms with Crippen LogP contribution in [0.15, 0.2) is 18.2 Å². The van der Waals surface area contributed by atoms with Gasteiger partial charge in [-0.1, -0.05) is 36.9 Å². The monoisotopic (exact) mass is 326 g/mol. The fourth-order valence-electron chi connectivity index (χ4n) is 3.21. The molecule has 108 valence electrons. The van der Waals surface area contributed by atoms with Crippen molar-refractivity contribution in [2.75, 3.05) is 6.26 Å². The second kappa shape index (κ2) is 5.74. The van der Waals surface area contributed by atoms with Crippen LogP contribution in [0.2, 0.25) is 5.02 Å². The molecule has 5 heteroatoms. The summed E-state index contributed by atoms with van der Waals surface area (Å²) in [5, 5.41) is 0.745. The van der Waals surface area contributed by atoms with Gasteiger partial charge in [0.05, 0.1) is 16.1 Å². The van der Waals surface area contributed by atoms with E-state index in [-0.39, 0.29) is 0 Å². The van der Waals surface area contributed by atoms with E-state index in [0.29, 0.717) is 4.75 Å². The molecule has 3 rings (SSSR count). The lowest BCUT2D eigenvalue weighted by Crippen LogP contribution is -2.33. The number of thioether (sulfide) groups is 1. The number of aromatic amines is 1. The van der Waals surface area contributed by atoms with Crippen molar-refractivity contribution in [3.63, 3.8) is 0 Å². The maximum Gasteiger partial charge on any atom is 0.178 e. The number of benzene rings is 1. The van der Waals surface area contributed by atoms with Crippen molar-refractivity contribution in [2.24, 2.45) is 0 Å². The van der Waals surface area contributed by atoms with Crippen molar-refractivity contribution in [3.8, 4) is 0 Å². The zero-order chi connectivity index (χ0) is 14.2. The van der Waals surface area contributed by atoms with E-state index >= 15 is 0 Å². The minimum Gasteiger partial charge on any atom is -0.329 e. The molecule has 0 bridgehead atoms. The van der Waals surface area contributed by atoms with Gasteiger partial charge in [-0.2, -0.15) is 11.8 Å². The van der Waals surface area contributed by atoms with Gasteiger partial charge >= 0.3 is 0 Å². The van der Waals surface area contributed by atoms with Crippen molar-refractivity contribution in [2.45, 2.75) is 43.4 Å². The second-order valence-electron chi connectivity index (χ2n) is 5.60. The lowest BCUT2D eigenvalue weighted by molar-refractivity contribution is 0.360. The molecule has 1 aromatic carbocycles. The Bertz CT molecular complexity index is 668. The van der Waals surface area contributed by atoms with Gasteiger partial charge in [-0.3, -0.25) is 0 Å². The van der Waals surface area contributed by atoms with E-state index in [1.165, 1.54) is 32.1 Å². The number of hydrogen-bond donors (Lipinski definition) is 1. The first-order valence-corrected chi connectivity index (χ1v) is 9.08. The lowest BCUT2D eigenvalue weighted by atomic mass is 9.88. The third-order valence-electron chi connectivity index (χ3n) is 4.40. The maximum atomic E-state index is 6.26. The van der Waals surface area contributed by atoms with Crippen molar-refractivity contribution >= 4 is 46.6 Å². The molecule has 0 atom stereocenters. The van der Waals surface area contributed by atoms with Gasteiger partial charge in [0, 0.05) is 11.3 Å². The van der Waals surface area contributed by atoms with Gasteiger partial charge in [0.15, 0.2) is 4.77 Å². The Morgan fingerprint density at radius 1 is 1.35 bits per heavy atom. The Kier molecular flexibility index (Phi) is 4.16. The third kappa shape index (κ3) is 2.53. The average molecular weight is 327 g/mol. The first-order chi connectivity index (χ1) is 9.65. The smallest absolute Gasteiger partial charge is 0.178 e. The highest BCUT2D eigenvalue weighted by molar-refractivity contribution is 8.00. The summed E-state index contributed by atoms with van der Waals surface area (Å²) in [6.45, 7) is 0.980. The molecule has 20 heavy (non-hydrogen) atoms. The van der Waals surface area contributed by atoms with E-state index in [2.05, 4.69) is 21.9 Å². The zero-order valence-corrected chi connectivity index (χ0v) is 14.0. The summed E-state index contributed by atoms with van der Waals surface area (Å²) in [5.41, 5.74) is 2.09. The molecule has 1 N–H and O–H groups in total. The quantitative estimate of drug-likeness (QED) is 0.760. The molecule has 2 aromatic rings. The zero-order valence-electron chi connectivity index (χ0n) is 11.6. The third-order valence-corrected chi connectivity index (χ3v) is 6.44. The van der Waals surface area contributed by atoms with Gasteiger partial charge in [-0.05, 0) is 43.4 Å². The molecule has 1 aromatic heterocycles. The van der Waals surface area contributed by atoms with Gasteiger partial charge in [-0.15, -0.1) is 0 Å². The van der Waals surface area contributed by atoms with Crippen molar-refractivity contribution < 1.29 is 0 Å². The minimum atomic E-state index is 0.327. The number of nitrogens with zero attached hydrogens (tertiary/aromatic N) is 1. The number of aromatic nitrogens is 2. The van der Waals surface area contributed by atoms with Crippen molar-refractivity contribution in [3.05, 3.63) is 28.0 Å². The lowest BCUT2D eigenvalue weighted by Gasteiger charge is -2.36. The van der Waals surface area contributed by atoms with E-state index in [1.807, 2.05) is 23.9 Å². The molecule has 0 saturated heterocycles. The molecule has 0 aliphatic heterocycles. The van der Waals surface area contributed by atoms with Crippen LogP contribution in [0.3, 0.4) is 0 Å². The van der Waals surface area contributed by atoms with E-state index in [1.54, 1.807) is 0 Å². The largest absolute Gasteiger partial charge is 0.329 e. The molecule has 0 amide bonds. The number of rotatable bonds is 3. The van der Waals surface area contributed by atoms with Crippen molar-refractivity contribution in [1.29, 1.82) is 0 Å². The summed E-state index contributed by atoms with van der Waals surface area (Å²) in [4.78, 5) is 3.26. The summed E-state index contributed by atoms with van der Waals surface area (Å²) in [6, 6.07) is 6.01. The van der Waals surface area contributed by atoms with E-state index in [4.69, 9.17) is 23.8 Å². The van der Waals surface area contributed by atoms with Crippen LogP contribution in [-0.4, -0.2) is 20.6 Å². The molecular formula is C15H19ClN2S2. The highest BCUT2D eigenvalue weighted by atomic mass is 35.5. The van der Waals surface area contributed by atoms with Crippen LogP contribution in [0.1, 0.15) is 32.1 Å². The Labute approximate surface area is 133 Å². The molecule has 1 heterocycles. The number of para-hydroxylation sites is 1. The SMILES string of the molecule is CSC1(Cn2c(=S)[nH]c3c(Cl)cccc32)CCCCC1. The highest BCUT2D eigenvalue weighted by Crippen LogP contribution is 2.40. The second-order valence-corrected chi connectivity index (χ2v) is 7.67. The first-order valence-electron chi connectivity index (χ1n) is 7.07. The number of fused-ring (bicyclic) bond motifs is 1. The Balaban J connectivity index is 2.04. The minimum absolute atomic E-state index is 0.327. The fourth-order valence-corrected chi connectivity index (χ4v) is 4.65. The molecule has 1 aliphatic rings. The number of H-pyrrole nitrogens is 1. The Morgan fingerprint density at radius 2 is 2.10 bits per heavy atom. The van der Waals surface area contributed by atoms with Gasteiger partial charge in [0.2, 0.25) is 0 Å². The van der Waals surface area contributed by atoms with Crippen LogP contribution in [-0.2, 0) is 6.54 Å². The van der Waals surface area contributed by atoms with Gasteiger partial charge in [-0.25, -0.2) is 0 Å². The van der Waals surface area contributed by atoms with Gasteiger partial charge < -0.3 is 9.55 Å². The predicted molar refractivity (Wildman–Crippen MR) is 91.5 cm³/mol. The molecule has 1 saturated carbocycles. The maximum absolute atomic E-state index is 6.26. The van der Waals surface area contributed by atoms with E-state index < -0.39 is 0 Å². The summed E-state index contributed by atoms with van der Waals surface area (Å²) in [7, 11) is 0. The highest BCUT2D eigenvalue weighted by Gasteiger charge is 2.32. The Morgan fingerprint density at radius 3 is 2.80 bits per heavy atom. The molecule has 0 spiro atoms. The predicted octanol–water partition coefficient (Wildman–Crippen LogP) is 5.42.